The molecule has 4 nitrogen and oxygen atoms in total. The van der Waals surface area contributed by atoms with Gasteiger partial charge in [0.05, 0.1) is 13.7 Å². The van der Waals surface area contributed by atoms with Gasteiger partial charge in [-0.3, -0.25) is 4.99 Å². The topological polar surface area (TPSA) is 28.1 Å². The molecule has 4 rings (SSSR count). The van der Waals surface area contributed by atoms with E-state index in [1.165, 1.54) is 23.5 Å². The second kappa shape index (κ2) is 9.44. The molecule has 144 valence electrons. The van der Waals surface area contributed by atoms with Crippen molar-refractivity contribution >= 4 is 29.9 Å². The summed E-state index contributed by atoms with van der Waals surface area (Å²) in [5.74, 6) is 2.86. The Morgan fingerprint density at radius 2 is 1.81 bits per heavy atom. The molecule has 0 aliphatic carbocycles. The molecule has 5 heteroatoms. The molecule has 1 saturated heterocycles. The summed E-state index contributed by atoms with van der Waals surface area (Å²) in [6.45, 7) is 5.08. The summed E-state index contributed by atoms with van der Waals surface area (Å²) in [5, 5.41) is 0. The second-order valence-electron chi connectivity index (χ2n) is 7.21. The smallest absolute Gasteiger partial charge is 0.197 e. The average molecular weight is 477 g/mol. The first-order valence-corrected chi connectivity index (χ1v) is 9.53. The number of hydrogen-bond donors (Lipinski definition) is 0. The van der Waals surface area contributed by atoms with Gasteiger partial charge in [-0.15, -0.1) is 24.0 Å². The van der Waals surface area contributed by atoms with Gasteiger partial charge in [-0.25, -0.2) is 0 Å². The number of rotatable bonds is 5. The molecule has 0 radical (unpaired) electrons. The third kappa shape index (κ3) is 4.75. The predicted octanol–water partition coefficient (Wildman–Crippen LogP) is 4.05. The minimum Gasteiger partial charge on any atom is -0.496 e. The summed E-state index contributed by atoms with van der Waals surface area (Å²) in [7, 11) is 1.76. The zero-order chi connectivity index (χ0) is 17.8. The van der Waals surface area contributed by atoms with E-state index >= 15 is 0 Å². The van der Waals surface area contributed by atoms with Crippen LogP contribution in [-0.2, 0) is 13.0 Å². The van der Waals surface area contributed by atoms with Crippen molar-refractivity contribution < 1.29 is 4.74 Å². The number of ether oxygens (including phenoxy) is 1. The van der Waals surface area contributed by atoms with Gasteiger partial charge in [0.25, 0.3) is 0 Å². The van der Waals surface area contributed by atoms with Crippen molar-refractivity contribution in [3.05, 3.63) is 65.7 Å². The summed E-state index contributed by atoms with van der Waals surface area (Å²) >= 11 is 0. The molecule has 2 aromatic rings. The van der Waals surface area contributed by atoms with Crippen molar-refractivity contribution in [3.8, 4) is 5.75 Å². The van der Waals surface area contributed by atoms with Gasteiger partial charge in [-0.05, 0) is 36.0 Å². The maximum Gasteiger partial charge on any atom is 0.197 e. The Balaban J connectivity index is 0.00000210. The number of halogens is 1. The molecule has 2 heterocycles. The highest BCUT2D eigenvalue weighted by Crippen LogP contribution is 2.27. The highest BCUT2D eigenvalue weighted by molar-refractivity contribution is 14.0. The molecule has 2 aromatic carbocycles. The Morgan fingerprint density at radius 3 is 2.63 bits per heavy atom. The Kier molecular flexibility index (Phi) is 6.99. The number of para-hydroxylation sites is 1. The minimum atomic E-state index is 0. The normalized spacial score (nSPS) is 19.0. The van der Waals surface area contributed by atoms with E-state index in [-0.39, 0.29) is 24.0 Å². The van der Waals surface area contributed by atoms with E-state index in [0.717, 1.165) is 44.9 Å². The lowest BCUT2D eigenvalue weighted by Gasteiger charge is -2.28. The Labute approximate surface area is 179 Å². The van der Waals surface area contributed by atoms with Crippen molar-refractivity contribution in [2.24, 2.45) is 10.9 Å². The van der Waals surface area contributed by atoms with Crippen molar-refractivity contribution in [2.75, 3.05) is 33.3 Å². The number of methoxy groups -OCH3 is 1. The number of aliphatic imine (C=N–C) groups is 1. The standard InChI is InChI=1S/C22H27N3O.HI/c1-26-21-10-6-5-9-20(21)15-19-11-13-24(17-19)22-23-12-14-25(22)16-18-7-3-2-4-8-18;/h2-10,19H,11-17H2,1H3;1H. The lowest BCUT2D eigenvalue weighted by Crippen LogP contribution is -2.40. The molecular formula is C22H28IN3O. The van der Waals surface area contributed by atoms with Gasteiger partial charge in [-0.2, -0.15) is 0 Å². The van der Waals surface area contributed by atoms with Crippen LogP contribution in [0.1, 0.15) is 17.5 Å². The molecule has 1 atom stereocenters. The van der Waals surface area contributed by atoms with Crippen LogP contribution in [0.25, 0.3) is 0 Å². The fourth-order valence-electron chi connectivity index (χ4n) is 4.09. The van der Waals surface area contributed by atoms with E-state index in [1.54, 1.807) is 7.11 Å². The number of guanidine groups is 1. The average Bonchev–Trinajstić information content (AvgIpc) is 3.32. The van der Waals surface area contributed by atoms with Crippen LogP contribution >= 0.6 is 24.0 Å². The molecule has 0 saturated carbocycles. The molecule has 2 aliphatic rings. The molecule has 0 spiro atoms. The van der Waals surface area contributed by atoms with Crippen LogP contribution in [-0.4, -0.2) is 49.0 Å². The monoisotopic (exact) mass is 477 g/mol. The van der Waals surface area contributed by atoms with Gasteiger partial charge in [0.1, 0.15) is 5.75 Å². The molecule has 0 amide bonds. The highest BCUT2D eigenvalue weighted by atomic mass is 127. The molecule has 2 aliphatic heterocycles. The van der Waals surface area contributed by atoms with Gasteiger partial charge in [0.15, 0.2) is 5.96 Å². The number of likely N-dealkylation sites (tertiary alicyclic amines) is 1. The van der Waals surface area contributed by atoms with Crippen LogP contribution < -0.4 is 4.74 Å². The largest absolute Gasteiger partial charge is 0.496 e. The number of benzene rings is 2. The summed E-state index contributed by atoms with van der Waals surface area (Å²) in [5.41, 5.74) is 2.67. The van der Waals surface area contributed by atoms with E-state index in [1.807, 2.05) is 6.07 Å². The summed E-state index contributed by atoms with van der Waals surface area (Å²) in [6.07, 6.45) is 2.29. The maximum absolute atomic E-state index is 5.52. The van der Waals surface area contributed by atoms with Gasteiger partial charge in [0.2, 0.25) is 0 Å². The first kappa shape index (κ1) is 20.0. The lowest BCUT2D eigenvalue weighted by molar-refractivity contribution is 0.363. The highest BCUT2D eigenvalue weighted by Gasteiger charge is 2.30. The zero-order valence-corrected chi connectivity index (χ0v) is 18.2. The molecular weight excluding hydrogens is 449 g/mol. The maximum atomic E-state index is 5.52. The zero-order valence-electron chi connectivity index (χ0n) is 15.9. The SMILES string of the molecule is COc1ccccc1CC1CCN(C2=NCCN2Cc2ccccc2)C1.I. The molecule has 0 N–H and O–H groups in total. The van der Waals surface area contributed by atoms with Crippen LogP contribution in [0.3, 0.4) is 0 Å². The molecule has 1 unspecified atom stereocenters. The fraction of sp³-hybridized carbons (Fsp3) is 0.409. The van der Waals surface area contributed by atoms with Gasteiger partial charge in [-0.1, -0.05) is 48.5 Å². The molecule has 1 fully saturated rings. The third-order valence-corrected chi connectivity index (χ3v) is 5.39. The van der Waals surface area contributed by atoms with Gasteiger partial charge < -0.3 is 14.5 Å². The van der Waals surface area contributed by atoms with Crippen LogP contribution in [0, 0.1) is 5.92 Å². The third-order valence-electron chi connectivity index (χ3n) is 5.39. The lowest BCUT2D eigenvalue weighted by atomic mass is 9.98. The van der Waals surface area contributed by atoms with E-state index in [4.69, 9.17) is 9.73 Å². The van der Waals surface area contributed by atoms with Crippen molar-refractivity contribution in [1.29, 1.82) is 0 Å². The minimum absolute atomic E-state index is 0. The summed E-state index contributed by atoms with van der Waals surface area (Å²) in [6, 6.07) is 19.1. The number of nitrogens with zero attached hydrogens (tertiary/aromatic N) is 3. The quantitative estimate of drug-likeness (QED) is 0.609. The summed E-state index contributed by atoms with van der Waals surface area (Å²) < 4.78 is 5.52. The van der Waals surface area contributed by atoms with Crippen LogP contribution in [0.4, 0.5) is 0 Å². The molecule has 0 aromatic heterocycles. The van der Waals surface area contributed by atoms with Crippen LogP contribution in [0.5, 0.6) is 5.75 Å². The van der Waals surface area contributed by atoms with Crippen molar-refractivity contribution in [3.63, 3.8) is 0 Å². The Morgan fingerprint density at radius 1 is 1.04 bits per heavy atom. The molecule has 0 bridgehead atoms. The first-order valence-electron chi connectivity index (χ1n) is 9.53. The van der Waals surface area contributed by atoms with E-state index in [0.29, 0.717) is 5.92 Å². The second-order valence-corrected chi connectivity index (χ2v) is 7.21. The molecule has 27 heavy (non-hydrogen) atoms. The number of hydrogen-bond acceptors (Lipinski definition) is 4. The van der Waals surface area contributed by atoms with Crippen LogP contribution in [0.2, 0.25) is 0 Å². The van der Waals surface area contributed by atoms with Gasteiger partial charge in [0, 0.05) is 26.2 Å². The van der Waals surface area contributed by atoms with E-state index in [9.17, 15) is 0 Å². The van der Waals surface area contributed by atoms with Crippen molar-refractivity contribution in [2.45, 2.75) is 19.4 Å². The fourth-order valence-corrected chi connectivity index (χ4v) is 4.09. The van der Waals surface area contributed by atoms with E-state index in [2.05, 4.69) is 58.3 Å². The van der Waals surface area contributed by atoms with Crippen molar-refractivity contribution in [1.82, 2.24) is 9.80 Å². The Bertz CT molecular complexity index is 765. The van der Waals surface area contributed by atoms with Gasteiger partial charge >= 0.3 is 0 Å². The summed E-state index contributed by atoms with van der Waals surface area (Å²) in [4.78, 5) is 9.73. The predicted molar refractivity (Wildman–Crippen MR) is 121 cm³/mol. The van der Waals surface area contributed by atoms with Crippen LogP contribution in [0.15, 0.2) is 59.6 Å². The first-order chi connectivity index (χ1) is 12.8. The van der Waals surface area contributed by atoms with E-state index < -0.39 is 0 Å². The Hall–Kier alpha value is -1.76.